The summed E-state index contributed by atoms with van der Waals surface area (Å²) in [5, 5.41) is 16.4. The standard InChI is InChI=1S/C19H21N7O2/c1-26-10-15(24-11-26)17-13(9-20)16-14(5-6-22-18(16)25-17)21-7-8-23-19(27)28-12-3-2-4-12/h5-6,10-12H,2-4,7-8H2,1H3,(H,23,27)(H2,21,22,25). The third-order valence-corrected chi connectivity index (χ3v) is 4.80. The molecule has 0 unspecified atom stereocenters. The van der Waals surface area contributed by atoms with Crippen LogP contribution in [0.2, 0.25) is 0 Å². The molecule has 0 saturated heterocycles. The first-order chi connectivity index (χ1) is 13.7. The number of anilines is 1. The van der Waals surface area contributed by atoms with Gasteiger partial charge >= 0.3 is 6.09 Å². The number of nitrogens with zero attached hydrogens (tertiary/aromatic N) is 4. The van der Waals surface area contributed by atoms with Crippen LogP contribution in [0.15, 0.2) is 24.8 Å². The number of aromatic nitrogens is 4. The minimum atomic E-state index is -0.386. The van der Waals surface area contributed by atoms with Gasteiger partial charge in [0.25, 0.3) is 0 Å². The Hall–Kier alpha value is -3.54. The number of nitriles is 1. The quantitative estimate of drug-likeness (QED) is 0.566. The van der Waals surface area contributed by atoms with E-state index < -0.39 is 0 Å². The number of pyridine rings is 1. The molecule has 0 radical (unpaired) electrons. The average molecular weight is 379 g/mol. The van der Waals surface area contributed by atoms with E-state index in [0.717, 1.165) is 24.9 Å². The molecular weight excluding hydrogens is 358 g/mol. The highest BCUT2D eigenvalue weighted by Gasteiger charge is 2.21. The van der Waals surface area contributed by atoms with E-state index in [9.17, 15) is 10.1 Å². The van der Waals surface area contributed by atoms with Gasteiger partial charge in [-0.25, -0.2) is 14.8 Å². The van der Waals surface area contributed by atoms with Gasteiger partial charge in [-0.15, -0.1) is 0 Å². The van der Waals surface area contributed by atoms with Gasteiger partial charge in [0.2, 0.25) is 0 Å². The molecule has 0 aliphatic heterocycles. The molecule has 0 bridgehead atoms. The smallest absolute Gasteiger partial charge is 0.407 e. The predicted molar refractivity (Wildman–Crippen MR) is 104 cm³/mol. The molecular formula is C19H21N7O2. The van der Waals surface area contributed by atoms with Gasteiger partial charge < -0.3 is 24.9 Å². The van der Waals surface area contributed by atoms with E-state index in [4.69, 9.17) is 4.74 Å². The number of aromatic amines is 1. The van der Waals surface area contributed by atoms with Crippen molar-refractivity contribution in [1.29, 1.82) is 5.26 Å². The number of hydrogen-bond donors (Lipinski definition) is 3. The predicted octanol–water partition coefficient (Wildman–Crippen LogP) is 2.53. The number of carbonyl (C=O) groups is 1. The molecule has 1 fully saturated rings. The summed E-state index contributed by atoms with van der Waals surface area (Å²) < 4.78 is 7.08. The topological polar surface area (TPSA) is 121 Å². The minimum absolute atomic E-state index is 0.0656. The molecule has 0 atom stereocenters. The van der Waals surface area contributed by atoms with Crippen LogP contribution in [0.4, 0.5) is 10.5 Å². The molecule has 4 rings (SSSR count). The maximum atomic E-state index is 11.7. The number of aryl methyl sites for hydroxylation is 1. The molecule has 144 valence electrons. The van der Waals surface area contributed by atoms with E-state index in [1.807, 2.05) is 23.9 Å². The third kappa shape index (κ3) is 3.49. The van der Waals surface area contributed by atoms with Gasteiger partial charge in [-0.2, -0.15) is 5.26 Å². The normalized spacial score (nSPS) is 13.7. The number of amides is 1. The molecule has 28 heavy (non-hydrogen) atoms. The lowest BCUT2D eigenvalue weighted by Gasteiger charge is -2.25. The molecule has 3 heterocycles. The van der Waals surface area contributed by atoms with Gasteiger partial charge in [0.05, 0.1) is 23.0 Å². The second kappa shape index (κ2) is 7.60. The minimum Gasteiger partial charge on any atom is -0.446 e. The first kappa shape index (κ1) is 17.9. The Balaban J connectivity index is 1.47. The van der Waals surface area contributed by atoms with Gasteiger partial charge in [0.1, 0.15) is 23.5 Å². The van der Waals surface area contributed by atoms with E-state index in [2.05, 4.69) is 31.7 Å². The summed E-state index contributed by atoms with van der Waals surface area (Å²) in [4.78, 5) is 23.6. The highest BCUT2D eigenvalue weighted by Crippen LogP contribution is 2.32. The number of alkyl carbamates (subject to hydrolysis) is 1. The number of imidazole rings is 1. The van der Waals surface area contributed by atoms with E-state index in [0.29, 0.717) is 41.1 Å². The summed E-state index contributed by atoms with van der Waals surface area (Å²) in [5.41, 5.74) is 3.20. The second-order valence-electron chi connectivity index (χ2n) is 6.81. The molecule has 0 spiro atoms. The van der Waals surface area contributed by atoms with Crippen molar-refractivity contribution in [2.45, 2.75) is 25.4 Å². The van der Waals surface area contributed by atoms with Crippen LogP contribution >= 0.6 is 0 Å². The number of ether oxygens (including phenoxy) is 1. The van der Waals surface area contributed by atoms with Crippen LogP contribution in [-0.4, -0.2) is 44.8 Å². The second-order valence-corrected chi connectivity index (χ2v) is 6.81. The number of H-pyrrole nitrogens is 1. The largest absolute Gasteiger partial charge is 0.446 e. The lowest BCUT2D eigenvalue weighted by molar-refractivity contribution is 0.0528. The summed E-state index contributed by atoms with van der Waals surface area (Å²) in [6.07, 6.45) is 7.89. The highest BCUT2D eigenvalue weighted by molar-refractivity contribution is 5.99. The molecule has 1 aliphatic rings. The van der Waals surface area contributed by atoms with Crippen molar-refractivity contribution in [3.05, 3.63) is 30.4 Å². The van der Waals surface area contributed by atoms with Crippen molar-refractivity contribution in [2.24, 2.45) is 7.05 Å². The SMILES string of the molecule is Cn1cnc(-c2[nH]c3nccc(NCCNC(=O)OC4CCC4)c3c2C#N)c1. The Morgan fingerprint density at radius 2 is 2.29 bits per heavy atom. The zero-order valence-corrected chi connectivity index (χ0v) is 15.5. The summed E-state index contributed by atoms with van der Waals surface area (Å²) in [6, 6.07) is 4.07. The third-order valence-electron chi connectivity index (χ3n) is 4.80. The molecule has 1 aliphatic carbocycles. The van der Waals surface area contributed by atoms with Gasteiger partial charge in [-0.05, 0) is 25.3 Å². The molecule has 3 aromatic heterocycles. The highest BCUT2D eigenvalue weighted by atomic mass is 16.6. The van der Waals surface area contributed by atoms with Crippen molar-refractivity contribution in [3.8, 4) is 17.5 Å². The Labute approximate surface area is 161 Å². The first-order valence-electron chi connectivity index (χ1n) is 9.23. The van der Waals surface area contributed by atoms with E-state index >= 15 is 0 Å². The molecule has 3 aromatic rings. The van der Waals surface area contributed by atoms with Crippen LogP contribution in [0, 0.1) is 11.3 Å². The maximum Gasteiger partial charge on any atom is 0.407 e. The summed E-state index contributed by atoms with van der Waals surface area (Å²) in [5.74, 6) is 0. The van der Waals surface area contributed by atoms with Crippen molar-refractivity contribution < 1.29 is 9.53 Å². The monoisotopic (exact) mass is 379 g/mol. The van der Waals surface area contributed by atoms with Crippen molar-refractivity contribution in [1.82, 2.24) is 24.8 Å². The molecule has 0 aromatic carbocycles. The van der Waals surface area contributed by atoms with Gasteiger partial charge in [-0.3, -0.25) is 0 Å². The first-order valence-corrected chi connectivity index (χ1v) is 9.23. The number of rotatable bonds is 6. The van der Waals surface area contributed by atoms with Crippen LogP contribution in [0.25, 0.3) is 22.4 Å². The maximum absolute atomic E-state index is 11.7. The van der Waals surface area contributed by atoms with E-state index in [1.165, 1.54) is 0 Å². The Bertz CT molecular complexity index is 1040. The summed E-state index contributed by atoms with van der Waals surface area (Å²) in [7, 11) is 1.87. The number of nitrogens with one attached hydrogen (secondary N) is 3. The lowest BCUT2D eigenvalue weighted by Crippen LogP contribution is -2.34. The Morgan fingerprint density at radius 3 is 2.96 bits per heavy atom. The molecule has 1 saturated carbocycles. The van der Waals surface area contributed by atoms with Gasteiger partial charge in [-0.1, -0.05) is 0 Å². The fourth-order valence-electron chi connectivity index (χ4n) is 3.15. The van der Waals surface area contributed by atoms with Crippen LogP contribution in [0.1, 0.15) is 24.8 Å². The van der Waals surface area contributed by atoms with Gasteiger partial charge in [0, 0.05) is 38.2 Å². The number of fused-ring (bicyclic) bond motifs is 1. The van der Waals surface area contributed by atoms with Crippen molar-refractivity contribution >= 4 is 22.8 Å². The Kier molecular flexibility index (Phi) is 4.85. The van der Waals surface area contributed by atoms with Crippen LogP contribution < -0.4 is 10.6 Å². The Morgan fingerprint density at radius 1 is 1.43 bits per heavy atom. The zero-order chi connectivity index (χ0) is 19.5. The number of carbonyl (C=O) groups excluding carboxylic acids is 1. The van der Waals surface area contributed by atoms with Crippen LogP contribution in [0.3, 0.4) is 0 Å². The summed E-state index contributed by atoms with van der Waals surface area (Å²) >= 11 is 0. The molecule has 1 amide bonds. The van der Waals surface area contributed by atoms with Crippen LogP contribution in [0.5, 0.6) is 0 Å². The summed E-state index contributed by atoms with van der Waals surface area (Å²) in [6.45, 7) is 0.905. The van der Waals surface area contributed by atoms with Gasteiger partial charge in [0.15, 0.2) is 0 Å². The fourth-order valence-corrected chi connectivity index (χ4v) is 3.15. The lowest BCUT2D eigenvalue weighted by atomic mass is 9.96. The van der Waals surface area contributed by atoms with E-state index in [1.54, 1.807) is 12.5 Å². The molecule has 9 nitrogen and oxygen atoms in total. The number of hydrogen-bond acceptors (Lipinski definition) is 6. The molecule has 9 heteroatoms. The van der Waals surface area contributed by atoms with Crippen molar-refractivity contribution in [3.63, 3.8) is 0 Å². The molecule has 3 N–H and O–H groups in total. The fraction of sp³-hybridized carbons (Fsp3) is 0.368. The van der Waals surface area contributed by atoms with E-state index in [-0.39, 0.29) is 12.2 Å². The average Bonchev–Trinajstić information content (AvgIpc) is 3.25. The zero-order valence-electron chi connectivity index (χ0n) is 15.5. The van der Waals surface area contributed by atoms with Crippen LogP contribution in [-0.2, 0) is 11.8 Å². The van der Waals surface area contributed by atoms with Crippen molar-refractivity contribution in [2.75, 3.05) is 18.4 Å².